The molecule has 0 atom stereocenters. The number of H-pyrrole nitrogens is 1. The van der Waals surface area contributed by atoms with Crippen LogP contribution in [0, 0.1) is 11.3 Å². The Balaban J connectivity index is 0.000001000. The van der Waals surface area contributed by atoms with Crippen LogP contribution in [0.1, 0.15) is 5.56 Å². The minimum Gasteiger partial charge on any atom is -0.494 e. The first kappa shape index (κ1) is 10.2. The molecular formula is C6H4N2NaO2. The maximum atomic E-state index is 10.4. The van der Waals surface area contributed by atoms with Gasteiger partial charge in [-0.15, -0.1) is 0 Å². The minimum absolute atomic E-state index is 0. The molecule has 51 valence electrons. The summed E-state index contributed by atoms with van der Waals surface area (Å²) in [7, 11) is 0. The van der Waals surface area contributed by atoms with Gasteiger partial charge in [-0.25, -0.2) is 0 Å². The van der Waals surface area contributed by atoms with Crippen molar-refractivity contribution in [1.82, 2.24) is 4.98 Å². The number of nitriles is 1. The van der Waals surface area contributed by atoms with Crippen LogP contribution in [0.4, 0.5) is 0 Å². The molecule has 0 fully saturated rings. The molecule has 11 heavy (non-hydrogen) atoms. The summed E-state index contributed by atoms with van der Waals surface area (Å²) in [6.07, 6.45) is 0. The van der Waals surface area contributed by atoms with Crippen molar-refractivity contribution in [2.24, 2.45) is 0 Å². The number of hydrogen-bond donors (Lipinski definition) is 2. The summed E-state index contributed by atoms with van der Waals surface area (Å²) in [5, 5.41) is 17.1. The third-order valence-corrected chi connectivity index (χ3v) is 1.02. The summed E-state index contributed by atoms with van der Waals surface area (Å²) in [6.45, 7) is 0. The second kappa shape index (κ2) is 4.19. The van der Waals surface area contributed by atoms with Gasteiger partial charge < -0.3 is 5.11 Å². The van der Waals surface area contributed by atoms with E-state index in [1.165, 1.54) is 12.1 Å². The normalized spacial score (nSPS) is 7.91. The van der Waals surface area contributed by atoms with Gasteiger partial charge in [-0.05, 0) is 6.07 Å². The number of nitrogens with one attached hydrogen (secondary N) is 1. The Morgan fingerprint density at radius 1 is 1.55 bits per heavy atom. The van der Waals surface area contributed by atoms with Crippen LogP contribution in [0.3, 0.4) is 0 Å². The van der Waals surface area contributed by atoms with Crippen LogP contribution in [0.15, 0.2) is 16.9 Å². The summed E-state index contributed by atoms with van der Waals surface area (Å²) in [4.78, 5) is 12.5. The van der Waals surface area contributed by atoms with Crippen molar-refractivity contribution in [2.45, 2.75) is 0 Å². The number of aromatic amines is 1. The van der Waals surface area contributed by atoms with E-state index in [4.69, 9.17) is 10.4 Å². The molecule has 0 aromatic carbocycles. The maximum Gasteiger partial charge on any atom is 0.250 e. The first-order valence-electron chi connectivity index (χ1n) is 2.56. The van der Waals surface area contributed by atoms with Gasteiger partial charge in [0.25, 0.3) is 5.56 Å². The van der Waals surface area contributed by atoms with Crippen molar-refractivity contribution >= 4 is 29.6 Å². The first-order valence-corrected chi connectivity index (χ1v) is 2.56. The van der Waals surface area contributed by atoms with Gasteiger partial charge in [0, 0.05) is 35.6 Å². The molecule has 1 aromatic heterocycles. The molecule has 0 amide bonds. The third kappa shape index (κ3) is 2.39. The van der Waals surface area contributed by atoms with Crippen LogP contribution >= 0.6 is 0 Å². The second-order valence-electron chi connectivity index (χ2n) is 1.70. The van der Waals surface area contributed by atoms with Crippen LogP contribution in [0.25, 0.3) is 0 Å². The Morgan fingerprint density at radius 2 is 2.18 bits per heavy atom. The maximum absolute atomic E-state index is 10.4. The van der Waals surface area contributed by atoms with Gasteiger partial charge >= 0.3 is 0 Å². The van der Waals surface area contributed by atoms with E-state index in [-0.39, 0.29) is 41.0 Å². The molecule has 1 heterocycles. The molecule has 2 N–H and O–H groups in total. The van der Waals surface area contributed by atoms with E-state index < -0.39 is 5.56 Å². The fourth-order valence-electron chi connectivity index (χ4n) is 0.554. The van der Waals surface area contributed by atoms with Gasteiger partial charge in [0.2, 0.25) is 5.88 Å². The van der Waals surface area contributed by atoms with Crippen molar-refractivity contribution < 1.29 is 5.11 Å². The van der Waals surface area contributed by atoms with E-state index in [0.717, 1.165) is 0 Å². The van der Waals surface area contributed by atoms with Crippen molar-refractivity contribution in [2.75, 3.05) is 0 Å². The molecule has 0 aliphatic heterocycles. The standard InChI is InChI=1S/C6H4N2O2.Na/c7-3-4-1-2-5(9)8-6(4)10;/h1-2H,(H2,8,9,10);. The molecule has 0 aliphatic carbocycles. The molecule has 0 saturated heterocycles. The smallest absolute Gasteiger partial charge is 0.250 e. The van der Waals surface area contributed by atoms with Gasteiger partial charge in [0.05, 0.1) is 0 Å². The van der Waals surface area contributed by atoms with Gasteiger partial charge in [-0.3, -0.25) is 9.78 Å². The molecule has 1 rings (SSSR count). The van der Waals surface area contributed by atoms with Crippen LogP contribution in [0.2, 0.25) is 0 Å². The summed E-state index contributed by atoms with van der Waals surface area (Å²) < 4.78 is 0. The Labute approximate surface area is 84.8 Å². The molecular weight excluding hydrogens is 155 g/mol. The van der Waals surface area contributed by atoms with Crippen LogP contribution in [0.5, 0.6) is 5.88 Å². The number of nitrogens with zero attached hydrogens (tertiary/aromatic N) is 1. The number of rotatable bonds is 0. The monoisotopic (exact) mass is 159 g/mol. The topological polar surface area (TPSA) is 76.9 Å². The Hall–Kier alpha value is -0.760. The fourth-order valence-corrected chi connectivity index (χ4v) is 0.554. The number of aromatic hydroxyl groups is 1. The SMILES string of the molecule is N#Cc1ccc(=O)[nH]c1O.[Na]. The molecule has 0 spiro atoms. The van der Waals surface area contributed by atoms with E-state index in [9.17, 15) is 4.79 Å². The van der Waals surface area contributed by atoms with Crippen LogP contribution < -0.4 is 5.56 Å². The van der Waals surface area contributed by atoms with Crippen LogP contribution in [-0.4, -0.2) is 39.6 Å². The summed E-state index contributed by atoms with van der Waals surface area (Å²) in [5.41, 5.74) is -0.351. The second-order valence-corrected chi connectivity index (χ2v) is 1.70. The number of pyridine rings is 1. The molecule has 0 unspecified atom stereocenters. The van der Waals surface area contributed by atoms with E-state index >= 15 is 0 Å². The Bertz CT molecular complexity index is 339. The van der Waals surface area contributed by atoms with Gasteiger partial charge in [-0.2, -0.15) is 5.26 Å². The Kier molecular flexibility index (Phi) is 3.90. The van der Waals surface area contributed by atoms with Gasteiger partial charge in [0.1, 0.15) is 11.6 Å². The molecule has 5 heteroatoms. The first-order chi connectivity index (χ1) is 4.74. The van der Waals surface area contributed by atoms with E-state index in [0.29, 0.717) is 0 Å². The average molecular weight is 159 g/mol. The molecule has 4 nitrogen and oxygen atoms in total. The van der Waals surface area contributed by atoms with Crippen LogP contribution in [-0.2, 0) is 0 Å². The van der Waals surface area contributed by atoms with Crippen molar-refractivity contribution in [3.8, 4) is 11.9 Å². The zero-order valence-corrected chi connectivity index (χ0v) is 7.96. The number of hydrogen-bond acceptors (Lipinski definition) is 3. The zero-order valence-electron chi connectivity index (χ0n) is 5.96. The summed E-state index contributed by atoms with van der Waals surface area (Å²) in [5.74, 6) is -0.380. The van der Waals surface area contributed by atoms with Crippen molar-refractivity contribution in [1.29, 1.82) is 5.26 Å². The number of aromatic nitrogens is 1. The van der Waals surface area contributed by atoms with Gasteiger partial charge in [-0.1, -0.05) is 0 Å². The quantitative estimate of drug-likeness (QED) is 0.504. The van der Waals surface area contributed by atoms with E-state index in [2.05, 4.69) is 4.98 Å². The average Bonchev–Trinajstić information content (AvgIpc) is 1.88. The zero-order chi connectivity index (χ0) is 7.56. The predicted octanol–water partition coefficient (Wildman–Crippen LogP) is -0.429. The van der Waals surface area contributed by atoms with E-state index in [1.807, 2.05) is 0 Å². The molecule has 0 bridgehead atoms. The minimum atomic E-state index is -0.420. The summed E-state index contributed by atoms with van der Waals surface area (Å²) in [6, 6.07) is 4.14. The molecule has 1 radical (unpaired) electrons. The summed E-state index contributed by atoms with van der Waals surface area (Å²) >= 11 is 0. The molecule has 0 aliphatic rings. The van der Waals surface area contributed by atoms with Crippen molar-refractivity contribution in [3.63, 3.8) is 0 Å². The molecule has 1 aromatic rings. The third-order valence-electron chi connectivity index (χ3n) is 1.02. The largest absolute Gasteiger partial charge is 0.494 e. The molecule has 0 saturated carbocycles. The predicted molar refractivity (Wildman–Crippen MR) is 39.2 cm³/mol. The van der Waals surface area contributed by atoms with E-state index in [1.54, 1.807) is 6.07 Å². The fraction of sp³-hybridized carbons (Fsp3) is 0. The Morgan fingerprint density at radius 3 is 2.64 bits per heavy atom. The van der Waals surface area contributed by atoms with Gasteiger partial charge in [0.15, 0.2) is 0 Å². The van der Waals surface area contributed by atoms with Crippen molar-refractivity contribution in [3.05, 3.63) is 28.0 Å².